The highest BCUT2D eigenvalue weighted by atomic mass is 16.3. The third-order valence-electron chi connectivity index (χ3n) is 2.75. The second-order valence-electron chi connectivity index (χ2n) is 3.92. The van der Waals surface area contributed by atoms with Crippen LogP contribution in [-0.2, 0) is 6.54 Å². The van der Waals surface area contributed by atoms with Crippen LogP contribution in [0.15, 0.2) is 46.1 Å². The van der Waals surface area contributed by atoms with Crippen molar-refractivity contribution in [3.05, 3.63) is 47.2 Å². The monoisotopic (exact) mass is 244 g/mol. The van der Waals surface area contributed by atoms with Crippen LogP contribution in [0.4, 0.5) is 0 Å². The molecule has 0 amide bonds. The van der Waals surface area contributed by atoms with E-state index < -0.39 is 0 Å². The molecule has 0 aliphatic rings. The number of hydrogen-bond donors (Lipinski definition) is 1. The van der Waals surface area contributed by atoms with E-state index in [9.17, 15) is 4.79 Å². The SMILES string of the molecule is NCCn1ccn2nc(-c3ccco3)cc2c1=O. The summed E-state index contributed by atoms with van der Waals surface area (Å²) >= 11 is 0. The van der Waals surface area contributed by atoms with Crippen LogP contribution in [0.5, 0.6) is 0 Å². The molecule has 6 heteroatoms. The predicted octanol–water partition coefficient (Wildman–Crippen LogP) is 0.715. The highest BCUT2D eigenvalue weighted by molar-refractivity contribution is 5.60. The summed E-state index contributed by atoms with van der Waals surface area (Å²) < 4.78 is 8.38. The molecule has 18 heavy (non-hydrogen) atoms. The Morgan fingerprint density at radius 3 is 3.00 bits per heavy atom. The summed E-state index contributed by atoms with van der Waals surface area (Å²) in [7, 11) is 0. The van der Waals surface area contributed by atoms with Gasteiger partial charge in [-0.05, 0) is 12.1 Å². The standard InChI is InChI=1S/C12H12N4O2/c13-3-4-15-5-6-16-10(12(15)17)8-9(14-16)11-2-1-7-18-11/h1-2,5-8H,3-4,13H2. The van der Waals surface area contributed by atoms with Gasteiger partial charge in [-0.3, -0.25) is 4.79 Å². The van der Waals surface area contributed by atoms with Gasteiger partial charge in [0.05, 0.1) is 6.26 Å². The van der Waals surface area contributed by atoms with Crippen molar-refractivity contribution in [2.45, 2.75) is 6.54 Å². The van der Waals surface area contributed by atoms with Gasteiger partial charge in [0.15, 0.2) is 5.76 Å². The number of aromatic nitrogens is 3. The molecule has 0 saturated heterocycles. The largest absolute Gasteiger partial charge is 0.463 e. The zero-order valence-corrected chi connectivity index (χ0v) is 9.61. The molecule has 0 spiro atoms. The minimum atomic E-state index is -0.103. The van der Waals surface area contributed by atoms with E-state index in [1.165, 1.54) is 0 Å². The molecule has 0 bridgehead atoms. The van der Waals surface area contributed by atoms with E-state index in [2.05, 4.69) is 5.10 Å². The third-order valence-corrected chi connectivity index (χ3v) is 2.75. The number of hydrogen-bond acceptors (Lipinski definition) is 4. The fourth-order valence-electron chi connectivity index (χ4n) is 1.89. The van der Waals surface area contributed by atoms with Crippen LogP contribution in [-0.4, -0.2) is 20.7 Å². The van der Waals surface area contributed by atoms with E-state index in [1.807, 2.05) is 0 Å². The van der Waals surface area contributed by atoms with Crippen molar-refractivity contribution in [1.29, 1.82) is 0 Å². The maximum absolute atomic E-state index is 12.1. The summed E-state index contributed by atoms with van der Waals surface area (Å²) in [4.78, 5) is 12.1. The van der Waals surface area contributed by atoms with Crippen molar-refractivity contribution in [3.63, 3.8) is 0 Å². The zero-order valence-electron chi connectivity index (χ0n) is 9.61. The second-order valence-corrected chi connectivity index (χ2v) is 3.92. The van der Waals surface area contributed by atoms with Gasteiger partial charge in [0.2, 0.25) is 0 Å². The molecule has 0 unspecified atom stereocenters. The molecule has 92 valence electrons. The highest BCUT2D eigenvalue weighted by Gasteiger charge is 2.10. The first-order valence-electron chi connectivity index (χ1n) is 5.62. The van der Waals surface area contributed by atoms with Crippen LogP contribution < -0.4 is 11.3 Å². The summed E-state index contributed by atoms with van der Waals surface area (Å²) in [6.45, 7) is 0.922. The van der Waals surface area contributed by atoms with Gasteiger partial charge in [-0.15, -0.1) is 0 Å². The lowest BCUT2D eigenvalue weighted by Gasteiger charge is -2.02. The van der Waals surface area contributed by atoms with E-state index in [4.69, 9.17) is 10.2 Å². The summed E-state index contributed by atoms with van der Waals surface area (Å²) in [5.74, 6) is 0.642. The fraction of sp³-hybridized carbons (Fsp3) is 0.167. The first-order chi connectivity index (χ1) is 8.79. The Morgan fingerprint density at radius 2 is 2.28 bits per heavy atom. The van der Waals surface area contributed by atoms with Gasteiger partial charge >= 0.3 is 0 Å². The maximum atomic E-state index is 12.1. The van der Waals surface area contributed by atoms with Gasteiger partial charge in [0.25, 0.3) is 5.56 Å². The number of nitrogens with two attached hydrogens (primary N) is 1. The van der Waals surface area contributed by atoms with Crippen molar-refractivity contribution in [2.24, 2.45) is 5.73 Å². The topological polar surface area (TPSA) is 78.5 Å². The van der Waals surface area contributed by atoms with Gasteiger partial charge < -0.3 is 14.7 Å². The van der Waals surface area contributed by atoms with Crippen molar-refractivity contribution < 1.29 is 4.42 Å². The number of rotatable bonds is 3. The van der Waals surface area contributed by atoms with Crippen LogP contribution in [0.1, 0.15) is 0 Å². The fourth-order valence-corrected chi connectivity index (χ4v) is 1.89. The van der Waals surface area contributed by atoms with E-state index in [0.29, 0.717) is 30.1 Å². The number of furan rings is 1. The van der Waals surface area contributed by atoms with Crippen molar-refractivity contribution >= 4 is 5.52 Å². The Hall–Kier alpha value is -2.34. The second kappa shape index (κ2) is 4.15. The molecule has 0 saturated carbocycles. The molecule has 0 atom stereocenters. The van der Waals surface area contributed by atoms with Gasteiger partial charge in [0, 0.05) is 31.5 Å². The van der Waals surface area contributed by atoms with Crippen LogP contribution in [0.3, 0.4) is 0 Å². The molecule has 0 aliphatic carbocycles. The molecular weight excluding hydrogens is 232 g/mol. The van der Waals surface area contributed by atoms with Crippen molar-refractivity contribution in [2.75, 3.05) is 6.54 Å². The predicted molar refractivity (Wildman–Crippen MR) is 66.2 cm³/mol. The average Bonchev–Trinajstić information content (AvgIpc) is 3.00. The average molecular weight is 244 g/mol. The first kappa shape index (κ1) is 10.8. The maximum Gasteiger partial charge on any atom is 0.276 e. The van der Waals surface area contributed by atoms with Crippen molar-refractivity contribution in [3.8, 4) is 11.5 Å². The summed E-state index contributed by atoms with van der Waals surface area (Å²) in [5, 5.41) is 4.30. The Bertz CT molecular complexity index is 724. The Balaban J connectivity index is 2.18. The van der Waals surface area contributed by atoms with E-state index in [-0.39, 0.29) is 5.56 Å². The molecule has 3 heterocycles. The Labute approximate surface area is 102 Å². The lowest BCUT2D eigenvalue weighted by molar-refractivity contribution is 0.579. The molecule has 0 radical (unpaired) electrons. The molecule has 0 aromatic carbocycles. The van der Waals surface area contributed by atoms with Gasteiger partial charge in [-0.25, -0.2) is 4.52 Å². The van der Waals surface area contributed by atoms with Crippen LogP contribution in [0, 0.1) is 0 Å². The lowest BCUT2D eigenvalue weighted by Crippen LogP contribution is -2.24. The van der Waals surface area contributed by atoms with Crippen LogP contribution in [0.25, 0.3) is 17.0 Å². The molecule has 2 N–H and O–H groups in total. The van der Waals surface area contributed by atoms with Gasteiger partial charge in [-0.2, -0.15) is 5.10 Å². The van der Waals surface area contributed by atoms with Crippen LogP contribution in [0.2, 0.25) is 0 Å². The van der Waals surface area contributed by atoms with Gasteiger partial charge in [-0.1, -0.05) is 0 Å². The molecule has 0 fully saturated rings. The van der Waals surface area contributed by atoms with E-state index in [0.717, 1.165) is 0 Å². The summed E-state index contributed by atoms with van der Waals surface area (Å²) in [5.41, 5.74) is 6.51. The van der Waals surface area contributed by atoms with Crippen LogP contribution >= 0.6 is 0 Å². The quantitative estimate of drug-likeness (QED) is 0.736. The molecule has 6 nitrogen and oxygen atoms in total. The lowest BCUT2D eigenvalue weighted by atomic mass is 10.3. The molecule has 3 rings (SSSR count). The third kappa shape index (κ3) is 1.63. The Kier molecular flexibility index (Phi) is 2.49. The summed E-state index contributed by atoms with van der Waals surface area (Å²) in [6.07, 6.45) is 4.99. The molecular formula is C12H12N4O2. The number of nitrogens with zero attached hydrogens (tertiary/aromatic N) is 3. The normalized spacial score (nSPS) is 11.2. The van der Waals surface area contributed by atoms with E-state index in [1.54, 1.807) is 45.9 Å². The molecule has 3 aromatic heterocycles. The Morgan fingerprint density at radius 1 is 1.39 bits per heavy atom. The highest BCUT2D eigenvalue weighted by Crippen LogP contribution is 2.18. The molecule has 0 aliphatic heterocycles. The first-order valence-corrected chi connectivity index (χ1v) is 5.62. The number of fused-ring (bicyclic) bond motifs is 1. The van der Waals surface area contributed by atoms with Crippen molar-refractivity contribution in [1.82, 2.24) is 14.2 Å². The van der Waals surface area contributed by atoms with E-state index >= 15 is 0 Å². The minimum absolute atomic E-state index is 0.103. The minimum Gasteiger partial charge on any atom is -0.463 e. The van der Waals surface area contributed by atoms with Gasteiger partial charge in [0.1, 0.15) is 11.2 Å². The smallest absolute Gasteiger partial charge is 0.276 e. The zero-order chi connectivity index (χ0) is 12.5. The summed E-state index contributed by atoms with van der Waals surface area (Å²) in [6, 6.07) is 5.31. The molecule has 3 aromatic rings.